The third-order valence-corrected chi connectivity index (χ3v) is 3.42. The van der Waals surface area contributed by atoms with Crippen LogP contribution in [0, 0.1) is 5.82 Å². The van der Waals surface area contributed by atoms with Crippen molar-refractivity contribution in [3.8, 4) is 0 Å². The van der Waals surface area contributed by atoms with Crippen LogP contribution in [-0.4, -0.2) is 15.5 Å². The number of hydrogen-bond acceptors (Lipinski definition) is 2. The maximum absolute atomic E-state index is 13.3. The Morgan fingerprint density at radius 2 is 1.93 bits per heavy atom. The predicted molar refractivity (Wildman–Crippen MR) is 52.7 cm³/mol. The monoisotopic (exact) mass is 257 g/mol. The molecule has 1 rings (SSSR count). The van der Waals surface area contributed by atoms with Crippen LogP contribution in [0.5, 0.6) is 0 Å². The lowest BCUT2D eigenvalue weighted by molar-refractivity contribution is 0.562. The van der Waals surface area contributed by atoms with Gasteiger partial charge < -0.3 is 0 Å². The van der Waals surface area contributed by atoms with Gasteiger partial charge in [0.25, 0.3) is 0 Å². The highest BCUT2D eigenvalue weighted by Gasteiger charge is 2.20. The molecule has 3 nitrogen and oxygen atoms in total. The summed E-state index contributed by atoms with van der Waals surface area (Å²) in [6.07, 6.45) is 0. The molecule has 1 N–H and O–H groups in total. The molecule has 0 aliphatic heterocycles. The van der Waals surface area contributed by atoms with Crippen LogP contribution in [0.2, 0.25) is 10.0 Å². The summed E-state index contributed by atoms with van der Waals surface area (Å²) in [5, 5.41) is -0.267. The fourth-order valence-electron chi connectivity index (χ4n) is 0.838. The zero-order valence-electron chi connectivity index (χ0n) is 7.01. The van der Waals surface area contributed by atoms with Gasteiger partial charge in [-0.2, -0.15) is 0 Å². The molecule has 0 heterocycles. The lowest BCUT2D eigenvalue weighted by atomic mass is 10.3. The average Bonchev–Trinajstić information content (AvgIpc) is 2.11. The molecule has 0 saturated carbocycles. The summed E-state index contributed by atoms with van der Waals surface area (Å²) < 4.78 is 37.7. The molecule has 0 radical (unpaired) electrons. The summed E-state index contributed by atoms with van der Waals surface area (Å²) in [7, 11) is -2.70. The lowest BCUT2D eigenvalue weighted by Gasteiger charge is -2.05. The van der Waals surface area contributed by atoms with Gasteiger partial charge in [0.05, 0.1) is 5.02 Å². The summed E-state index contributed by atoms with van der Waals surface area (Å²) >= 11 is 11.0. The first-order valence-corrected chi connectivity index (χ1v) is 5.70. The van der Waals surface area contributed by atoms with Crippen molar-refractivity contribution in [1.82, 2.24) is 4.72 Å². The van der Waals surface area contributed by atoms with Crippen molar-refractivity contribution < 1.29 is 12.8 Å². The molecule has 0 aliphatic carbocycles. The van der Waals surface area contributed by atoms with E-state index in [4.69, 9.17) is 23.2 Å². The summed E-state index contributed by atoms with van der Waals surface area (Å²) in [6.45, 7) is 0. The zero-order valence-corrected chi connectivity index (χ0v) is 9.34. The molecule has 7 heteroatoms. The van der Waals surface area contributed by atoms with Gasteiger partial charge in [0, 0.05) is 5.02 Å². The van der Waals surface area contributed by atoms with Crippen LogP contribution in [0.4, 0.5) is 4.39 Å². The molecule has 0 atom stereocenters. The molecular formula is C7H6Cl2FNO2S. The largest absolute Gasteiger partial charge is 0.243 e. The Morgan fingerprint density at radius 1 is 1.36 bits per heavy atom. The molecule has 0 fully saturated rings. The first kappa shape index (κ1) is 11.7. The van der Waals surface area contributed by atoms with Crippen LogP contribution in [0.25, 0.3) is 0 Å². The average molecular weight is 258 g/mol. The summed E-state index contributed by atoms with van der Waals surface area (Å²) in [5.41, 5.74) is 0. The number of rotatable bonds is 2. The van der Waals surface area contributed by atoms with E-state index in [0.717, 1.165) is 12.1 Å². The number of benzene rings is 1. The molecule has 14 heavy (non-hydrogen) atoms. The third-order valence-electron chi connectivity index (χ3n) is 1.52. The van der Waals surface area contributed by atoms with Crippen LogP contribution in [0.3, 0.4) is 0 Å². The Morgan fingerprint density at radius 3 is 2.43 bits per heavy atom. The van der Waals surface area contributed by atoms with Gasteiger partial charge in [-0.05, 0) is 19.2 Å². The second-order valence-electron chi connectivity index (χ2n) is 2.41. The first-order valence-electron chi connectivity index (χ1n) is 3.46. The summed E-state index contributed by atoms with van der Waals surface area (Å²) in [4.78, 5) is -0.558. The van der Waals surface area contributed by atoms with Crippen molar-refractivity contribution in [2.24, 2.45) is 0 Å². The third kappa shape index (κ3) is 2.17. The second-order valence-corrected chi connectivity index (χ2v) is 5.11. The molecule has 0 aliphatic rings. The SMILES string of the molecule is CNS(=O)(=O)c1cc(Cl)cc(Cl)c1F. The van der Waals surface area contributed by atoms with Gasteiger partial charge in [-0.1, -0.05) is 23.2 Å². The van der Waals surface area contributed by atoms with E-state index in [1.165, 1.54) is 7.05 Å². The minimum Gasteiger partial charge on any atom is -0.214 e. The standard InChI is InChI=1S/C7H6Cl2FNO2S/c1-11-14(12,13)6-3-4(8)2-5(9)7(6)10/h2-3,11H,1H3. The van der Waals surface area contributed by atoms with E-state index in [0.29, 0.717) is 0 Å². The second kappa shape index (κ2) is 4.02. The number of nitrogens with one attached hydrogen (secondary N) is 1. The maximum atomic E-state index is 13.3. The van der Waals surface area contributed by atoms with Crippen molar-refractivity contribution in [3.63, 3.8) is 0 Å². The minimum absolute atomic E-state index is 0.0604. The number of halogens is 3. The Kier molecular flexibility index (Phi) is 3.36. The van der Waals surface area contributed by atoms with Crippen molar-refractivity contribution in [2.45, 2.75) is 4.90 Å². The van der Waals surface area contributed by atoms with E-state index >= 15 is 0 Å². The Hall–Kier alpha value is -0.360. The zero-order chi connectivity index (χ0) is 10.9. The van der Waals surface area contributed by atoms with E-state index in [-0.39, 0.29) is 10.0 Å². The van der Waals surface area contributed by atoms with E-state index in [1.807, 2.05) is 4.72 Å². The van der Waals surface area contributed by atoms with Crippen molar-refractivity contribution in [1.29, 1.82) is 0 Å². The highest BCUT2D eigenvalue weighted by molar-refractivity contribution is 7.89. The van der Waals surface area contributed by atoms with Gasteiger partial charge in [0.15, 0.2) is 5.82 Å². The molecule has 0 bridgehead atoms. The smallest absolute Gasteiger partial charge is 0.214 e. The number of hydrogen-bond donors (Lipinski definition) is 1. The van der Waals surface area contributed by atoms with Crippen LogP contribution in [0.15, 0.2) is 17.0 Å². The van der Waals surface area contributed by atoms with E-state index < -0.39 is 20.7 Å². The molecule has 1 aromatic rings. The molecule has 0 aromatic heterocycles. The van der Waals surface area contributed by atoms with Crippen molar-refractivity contribution >= 4 is 33.2 Å². The molecule has 0 unspecified atom stereocenters. The van der Waals surface area contributed by atoms with Gasteiger partial charge in [-0.15, -0.1) is 0 Å². The molecule has 0 saturated heterocycles. The van der Waals surface area contributed by atoms with Crippen LogP contribution in [0.1, 0.15) is 0 Å². The Bertz CT molecular complexity index is 461. The predicted octanol–water partition coefficient (Wildman–Crippen LogP) is 2.04. The van der Waals surface area contributed by atoms with Crippen molar-refractivity contribution in [3.05, 3.63) is 28.0 Å². The molecule has 0 amide bonds. The van der Waals surface area contributed by atoms with E-state index in [1.54, 1.807) is 0 Å². The highest BCUT2D eigenvalue weighted by atomic mass is 35.5. The summed E-state index contributed by atoms with van der Waals surface area (Å²) in [5.74, 6) is -1.01. The van der Waals surface area contributed by atoms with Crippen LogP contribution in [-0.2, 0) is 10.0 Å². The lowest BCUT2D eigenvalue weighted by Crippen LogP contribution is -2.20. The normalized spacial score (nSPS) is 11.7. The molecule has 1 aromatic carbocycles. The molecule has 0 spiro atoms. The van der Waals surface area contributed by atoms with Crippen LogP contribution < -0.4 is 4.72 Å². The van der Waals surface area contributed by atoms with E-state index in [9.17, 15) is 12.8 Å². The van der Waals surface area contributed by atoms with Gasteiger partial charge in [0.1, 0.15) is 4.90 Å². The maximum Gasteiger partial charge on any atom is 0.243 e. The topological polar surface area (TPSA) is 46.2 Å². The van der Waals surface area contributed by atoms with Gasteiger partial charge in [-0.3, -0.25) is 0 Å². The fraction of sp³-hybridized carbons (Fsp3) is 0.143. The fourth-order valence-corrected chi connectivity index (χ4v) is 2.30. The first-order chi connectivity index (χ1) is 6.38. The molecule has 78 valence electrons. The van der Waals surface area contributed by atoms with Crippen LogP contribution >= 0.6 is 23.2 Å². The minimum atomic E-state index is -3.87. The Labute approximate surface area is 90.9 Å². The van der Waals surface area contributed by atoms with Gasteiger partial charge in [-0.25, -0.2) is 17.5 Å². The van der Waals surface area contributed by atoms with E-state index in [2.05, 4.69) is 0 Å². The highest BCUT2D eigenvalue weighted by Crippen LogP contribution is 2.26. The van der Waals surface area contributed by atoms with Gasteiger partial charge in [0.2, 0.25) is 10.0 Å². The Balaban J connectivity index is 3.50. The quantitative estimate of drug-likeness (QED) is 0.825. The van der Waals surface area contributed by atoms with Gasteiger partial charge >= 0.3 is 0 Å². The summed E-state index contributed by atoms with van der Waals surface area (Å²) in [6, 6.07) is 2.13. The number of sulfonamides is 1. The molecular weight excluding hydrogens is 252 g/mol. The van der Waals surface area contributed by atoms with Crippen molar-refractivity contribution in [2.75, 3.05) is 7.05 Å².